The summed E-state index contributed by atoms with van der Waals surface area (Å²) >= 11 is 0. The molecule has 3 heterocycles. The number of fused-ring (bicyclic) bond motifs is 6. The molecule has 3 heteroatoms. The summed E-state index contributed by atoms with van der Waals surface area (Å²) in [5.41, 5.74) is 16.5. The minimum absolute atomic E-state index is 0.0249. The molecule has 2 atom stereocenters. The smallest absolute Gasteiger partial charge is 0.135 e. The van der Waals surface area contributed by atoms with Crippen LogP contribution in [-0.2, 0) is 12.0 Å². The Balaban J connectivity index is 1.11. The van der Waals surface area contributed by atoms with Gasteiger partial charge >= 0.3 is 0 Å². The summed E-state index contributed by atoms with van der Waals surface area (Å²) in [7, 11) is 0. The van der Waals surface area contributed by atoms with Crippen LogP contribution in [0.1, 0.15) is 54.7 Å². The van der Waals surface area contributed by atoms with Crippen LogP contribution in [0.4, 0.5) is 5.69 Å². The summed E-state index contributed by atoms with van der Waals surface area (Å²) in [6.07, 6.45) is 15.8. The zero-order chi connectivity index (χ0) is 47.8. The van der Waals surface area contributed by atoms with Gasteiger partial charge in [-0.05, 0) is 139 Å². The van der Waals surface area contributed by atoms with E-state index in [1.54, 1.807) is 0 Å². The topological polar surface area (TPSA) is 21.3 Å². The van der Waals surface area contributed by atoms with Crippen molar-refractivity contribution < 1.29 is 4.42 Å². The molecule has 0 spiro atoms. The van der Waals surface area contributed by atoms with Gasteiger partial charge in [-0.2, -0.15) is 0 Å². The molecule has 0 saturated carbocycles. The maximum atomic E-state index is 6.78. The van der Waals surface area contributed by atoms with Crippen LogP contribution >= 0.6 is 0 Å². The Bertz CT molecular complexity index is 4050. The number of furan rings is 1. The maximum Gasteiger partial charge on any atom is 0.135 e. The lowest BCUT2D eigenvalue weighted by Gasteiger charge is -2.40. The fraction of sp³-hybridized carbons (Fsp3) is 0.101. The van der Waals surface area contributed by atoms with Gasteiger partial charge in [0.05, 0.1) is 11.6 Å². The van der Waals surface area contributed by atoms with Gasteiger partial charge in [0.25, 0.3) is 0 Å². The third kappa shape index (κ3) is 6.79. The normalized spacial score (nSPS) is 17.2. The van der Waals surface area contributed by atoms with Crippen LogP contribution in [0.15, 0.2) is 229 Å². The highest BCUT2D eigenvalue weighted by Gasteiger charge is 2.40. The summed E-state index contributed by atoms with van der Waals surface area (Å²) in [6, 6.07) is 78.4. The second-order valence-corrected chi connectivity index (χ2v) is 19.9. The molecule has 2 aliphatic carbocycles. The molecule has 344 valence electrons. The lowest BCUT2D eigenvalue weighted by atomic mass is 9.83. The number of nitrogens with zero attached hydrogens (tertiary/aromatic N) is 2. The van der Waals surface area contributed by atoms with Crippen molar-refractivity contribution in [2.75, 3.05) is 4.90 Å². The monoisotopic (exact) mass is 924 g/mol. The van der Waals surface area contributed by atoms with Gasteiger partial charge < -0.3 is 13.9 Å². The number of aromatic nitrogens is 1. The van der Waals surface area contributed by atoms with Crippen molar-refractivity contribution in [3.63, 3.8) is 0 Å². The predicted octanol–water partition coefficient (Wildman–Crippen LogP) is 16.5. The number of allylic oxidation sites excluding steroid dienone is 1. The molecule has 0 radical (unpaired) electrons. The highest BCUT2D eigenvalue weighted by atomic mass is 16.3. The zero-order valence-corrected chi connectivity index (χ0v) is 40.3. The number of anilines is 1. The van der Waals surface area contributed by atoms with Crippen LogP contribution in [0.5, 0.6) is 0 Å². The van der Waals surface area contributed by atoms with Crippen LogP contribution < -0.4 is 15.3 Å². The maximum absolute atomic E-state index is 6.78. The van der Waals surface area contributed by atoms with E-state index in [1.807, 2.05) is 0 Å². The molecule has 14 rings (SSSR count). The van der Waals surface area contributed by atoms with Crippen molar-refractivity contribution in [1.82, 2.24) is 4.57 Å². The molecule has 9 aromatic carbocycles. The molecule has 2 aromatic heterocycles. The molecule has 3 aliphatic rings. The highest BCUT2D eigenvalue weighted by molar-refractivity contribution is 6.13. The van der Waals surface area contributed by atoms with Gasteiger partial charge in [0.1, 0.15) is 11.3 Å². The molecule has 11 aromatic rings. The lowest BCUT2D eigenvalue weighted by Crippen LogP contribution is -2.39. The van der Waals surface area contributed by atoms with Crippen molar-refractivity contribution in [2.45, 2.75) is 44.2 Å². The average molecular weight is 925 g/mol. The molecule has 0 saturated heterocycles. The van der Waals surface area contributed by atoms with E-state index >= 15 is 0 Å². The fourth-order valence-electron chi connectivity index (χ4n) is 12.4. The van der Waals surface area contributed by atoms with Gasteiger partial charge in [0.2, 0.25) is 0 Å². The van der Waals surface area contributed by atoms with Crippen molar-refractivity contribution in [2.24, 2.45) is 0 Å². The summed E-state index contributed by atoms with van der Waals surface area (Å²) in [5.74, 6) is 1.07. The molecule has 0 amide bonds. The Morgan fingerprint density at radius 3 is 1.96 bits per heavy atom. The Morgan fingerprint density at radius 2 is 1.22 bits per heavy atom. The van der Waals surface area contributed by atoms with Crippen molar-refractivity contribution in [3.8, 4) is 44.8 Å². The first-order valence-corrected chi connectivity index (χ1v) is 25.5. The number of hydrogen-bond donors (Lipinski definition) is 0. The number of benzene rings is 9. The van der Waals surface area contributed by atoms with E-state index in [1.165, 1.54) is 110 Å². The van der Waals surface area contributed by atoms with Gasteiger partial charge in [-0.3, -0.25) is 0 Å². The Hall–Kier alpha value is -8.66. The van der Waals surface area contributed by atoms with Gasteiger partial charge in [-0.1, -0.05) is 206 Å². The van der Waals surface area contributed by atoms with Crippen LogP contribution in [0.25, 0.3) is 101 Å². The van der Waals surface area contributed by atoms with E-state index in [9.17, 15) is 0 Å². The largest absolute Gasteiger partial charge is 0.460 e. The second kappa shape index (κ2) is 17.0. The summed E-state index contributed by atoms with van der Waals surface area (Å²) in [4.78, 5) is 2.62. The molecule has 72 heavy (non-hydrogen) atoms. The SMILES string of the molecule is CC1(c2ccccc2)CC=C(c2ccccc2)N1c1ccc2c(-c3ccc4ccccc4c3)c3c(c(-c4cccc5oc6c(c45)C=CCC6)c2c1)=CCC(n1c(-c2ccccc2)ccc1-c1ccccc1)C=3. The number of rotatable bonds is 8. The molecule has 3 nitrogen and oxygen atoms in total. The van der Waals surface area contributed by atoms with Gasteiger partial charge in [0.15, 0.2) is 0 Å². The third-order valence-corrected chi connectivity index (χ3v) is 15.8. The average Bonchev–Trinajstić information content (AvgIpc) is 4.17. The molecule has 1 aliphatic heterocycles. The van der Waals surface area contributed by atoms with Gasteiger partial charge in [-0.15, -0.1) is 0 Å². The highest BCUT2D eigenvalue weighted by Crippen LogP contribution is 2.49. The molecule has 0 bridgehead atoms. The zero-order valence-electron chi connectivity index (χ0n) is 40.3. The Labute approximate surface area is 420 Å². The van der Waals surface area contributed by atoms with Crippen molar-refractivity contribution >= 4 is 62.1 Å². The van der Waals surface area contributed by atoms with Gasteiger partial charge in [-0.25, -0.2) is 0 Å². The minimum atomic E-state index is -0.332. The summed E-state index contributed by atoms with van der Waals surface area (Å²) < 4.78 is 9.37. The first-order valence-electron chi connectivity index (χ1n) is 25.5. The van der Waals surface area contributed by atoms with Gasteiger partial charge in [0, 0.05) is 40.1 Å². The minimum Gasteiger partial charge on any atom is -0.460 e. The van der Waals surface area contributed by atoms with Crippen LogP contribution in [0, 0.1) is 0 Å². The second-order valence-electron chi connectivity index (χ2n) is 19.9. The van der Waals surface area contributed by atoms with E-state index < -0.39 is 0 Å². The molecule has 0 fully saturated rings. The third-order valence-electron chi connectivity index (χ3n) is 15.8. The Kier molecular flexibility index (Phi) is 9.99. The van der Waals surface area contributed by atoms with E-state index in [0.717, 1.165) is 37.0 Å². The van der Waals surface area contributed by atoms with Crippen LogP contribution in [0.3, 0.4) is 0 Å². The van der Waals surface area contributed by atoms with Crippen molar-refractivity contribution in [1.29, 1.82) is 0 Å². The van der Waals surface area contributed by atoms with Crippen molar-refractivity contribution in [3.05, 3.63) is 257 Å². The molecular weight excluding hydrogens is 873 g/mol. The first-order chi connectivity index (χ1) is 35.6. The van der Waals surface area contributed by atoms with E-state index in [4.69, 9.17) is 4.42 Å². The summed E-state index contributed by atoms with van der Waals surface area (Å²) in [6.45, 7) is 2.41. The molecule has 0 N–H and O–H groups in total. The Morgan fingerprint density at radius 1 is 0.542 bits per heavy atom. The van der Waals surface area contributed by atoms with Crippen LogP contribution in [0.2, 0.25) is 0 Å². The molecular formula is C69H52N2O. The quantitative estimate of drug-likeness (QED) is 0.151. The first kappa shape index (κ1) is 42.2. The van der Waals surface area contributed by atoms with E-state index in [2.05, 4.69) is 259 Å². The van der Waals surface area contributed by atoms with E-state index in [-0.39, 0.29) is 11.6 Å². The number of aryl methyl sites for hydroxylation is 1. The lowest BCUT2D eigenvalue weighted by molar-refractivity contribution is 0.513. The fourth-order valence-corrected chi connectivity index (χ4v) is 12.4. The standard InChI is InChI=1S/C69H52N2O/c1-69(52-27-12-5-13-28-52)42-41-63(49-24-10-4-11-25-49)71(69)54-36-38-55-60(45-54)67(58-30-18-32-65-68(58)57-29-16-17-31-64(57)72-65)56-37-35-53(44-59(56)66(55)51-34-33-46-19-14-15-26-50(46)43-51)70-61(47-20-6-2-7-21-47)39-40-62(70)48-22-8-3-9-23-48/h2-16,18-30,32-34,36-41,43-45,53H,17,31,35,42H2,1H3. The molecule has 2 unspecified atom stereocenters. The predicted molar refractivity (Wildman–Crippen MR) is 302 cm³/mol. The van der Waals surface area contributed by atoms with E-state index in [0.29, 0.717) is 0 Å². The van der Waals surface area contributed by atoms with Crippen LogP contribution in [-0.4, -0.2) is 4.57 Å². The number of hydrogen-bond acceptors (Lipinski definition) is 2. The summed E-state index contributed by atoms with van der Waals surface area (Å²) in [5, 5.41) is 8.63.